The van der Waals surface area contributed by atoms with Crippen molar-refractivity contribution in [3.8, 4) is 0 Å². The van der Waals surface area contributed by atoms with E-state index in [9.17, 15) is 4.79 Å². The van der Waals surface area contributed by atoms with Crippen LogP contribution in [0.1, 0.15) is 36.9 Å². The maximum atomic E-state index is 12.3. The van der Waals surface area contributed by atoms with Crippen LogP contribution in [0.3, 0.4) is 0 Å². The predicted molar refractivity (Wildman–Crippen MR) is 98.0 cm³/mol. The van der Waals surface area contributed by atoms with Crippen molar-refractivity contribution in [3.63, 3.8) is 0 Å². The molecule has 2 aromatic rings. The molecule has 2 heterocycles. The zero-order valence-corrected chi connectivity index (χ0v) is 15.0. The summed E-state index contributed by atoms with van der Waals surface area (Å²) in [6.07, 6.45) is 5.84. The number of urea groups is 1. The molecule has 2 atom stereocenters. The first-order chi connectivity index (χ1) is 12.1. The third-order valence-corrected chi connectivity index (χ3v) is 4.66. The molecule has 0 bridgehead atoms. The van der Waals surface area contributed by atoms with E-state index >= 15 is 0 Å². The molecule has 0 aliphatic carbocycles. The van der Waals surface area contributed by atoms with E-state index in [1.54, 1.807) is 10.9 Å². The van der Waals surface area contributed by atoms with Gasteiger partial charge in [-0.3, -0.25) is 9.58 Å². The second kappa shape index (κ2) is 8.16. The second-order valence-corrected chi connectivity index (χ2v) is 6.85. The summed E-state index contributed by atoms with van der Waals surface area (Å²) < 4.78 is 1.74. The fourth-order valence-corrected chi connectivity index (χ4v) is 3.33. The number of aromatic nitrogens is 2. The van der Waals surface area contributed by atoms with Gasteiger partial charge < -0.3 is 10.6 Å². The molecule has 134 valence electrons. The van der Waals surface area contributed by atoms with Gasteiger partial charge in [-0.15, -0.1) is 0 Å². The van der Waals surface area contributed by atoms with E-state index in [0.717, 1.165) is 38.0 Å². The van der Waals surface area contributed by atoms with Gasteiger partial charge in [-0.2, -0.15) is 5.10 Å². The number of carbonyl (C=O) groups excluding carboxylic acids is 1. The Hall–Kier alpha value is -2.34. The Morgan fingerprint density at radius 1 is 1.36 bits per heavy atom. The molecule has 1 aliphatic rings. The monoisotopic (exact) mass is 341 g/mol. The highest BCUT2D eigenvalue weighted by Crippen LogP contribution is 2.14. The van der Waals surface area contributed by atoms with Crippen LogP contribution in [0.25, 0.3) is 0 Å². The number of nitrogens with one attached hydrogen (secondary N) is 2. The summed E-state index contributed by atoms with van der Waals surface area (Å²) in [7, 11) is 1.87. The standard InChI is InChI=1S/C19H27N5O/c1-15(17-11-20-23(2)13-17)21-19(25)22-18-9-6-10-24(14-18)12-16-7-4-3-5-8-16/h3-5,7-8,11,13,15,18H,6,9-10,12,14H2,1-2H3,(H2,21,22,25)/t15-,18+/m1/s1. The molecule has 0 spiro atoms. The van der Waals surface area contributed by atoms with Crippen molar-refractivity contribution in [1.82, 2.24) is 25.3 Å². The average Bonchev–Trinajstić information content (AvgIpc) is 3.02. The Labute approximate surface area is 149 Å². The summed E-state index contributed by atoms with van der Waals surface area (Å²) in [5.41, 5.74) is 2.32. The maximum absolute atomic E-state index is 12.3. The first-order valence-electron chi connectivity index (χ1n) is 8.92. The number of nitrogens with zero attached hydrogens (tertiary/aromatic N) is 3. The van der Waals surface area contributed by atoms with Crippen molar-refractivity contribution in [2.24, 2.45) is 7.05 Å². The van der Waals surface area contributed by atoms with E-state index in [1.807, 2.05) is 26.2 Å². The lowest BCUT2D eigenvalue weighted by molar-refractivity contribution is 0.179. The van der Waals surface area contributed by atoms with E-state index in [1.165, 1.54) is 5.56 Å². The van der Waals surface area contributed by atoms with Crippen molar-refractivity contribution < 1.29 is 4.79 Å². The summed E-state index contributed by atoms with van der Waals surface area (Å²) in [4.78, 5) is 14.7. The van der Waals surface area contributed by atoms with Gasteiger partial charge in [0.05, 0.1) is 12.2 Å². The third kappa shape index (κ3) is 5.06. The number of rotatable bonds is 5. The van der Waals surface area contributed by atoms with E-state index in [-0.39, 0.29) is 18.1 Å². The van der Waals surface area contributed by atoms with Crippen LogP contribution in [-0.4, -0.2) is 39.8 Å². The quantitative estimate of drug-likeness (QED) is 0.878. The molecular formula is C19H27N5O. The molecule has 6 heteroatoms. The predicted octanol–water partition coefficient (Wildman–Crippen LogP) is 2.44. The van der Waals surface area contributed by atoms with Crippen molar-refractivity contribution in [2.75, 3.05) is 13.1 Å². The first kappa shape index (κ1) is 17.5. The minimum Gasteiger partial charge on any atom is -0.334 e. The zero-order valence-electron chi connectivity index (χ0n) is 15.0. The smallest absolute Gasteiger partial charge is 0.315 e. The SMILES string of the molecule is C[C@@H](NC(=O)N[C@H]1CCCN(Cc2ccccc2)C1)c1cnn(C)c1. The Bertz CT molecular complexity index is 684. The highest BCUT2D eigenvalue weighted by Gasteiger charge is 2.22. The molecule has 1 saturated heterocycles. The molecular weight excluding hydrogens is 314 g/mol. The Morgan fingerprint density at radius 3 is 2.88 bits per heavy atom. The van der Waals surface area contributed by atoms with Crippen LogP contribution < -0.4 is 10.6 Å². The summed E-state index contributed by atoms with van der Waals surface area (Å²) in [5, 5.41) is 10.3. The molecule has 3 rings (SSSR count). The average molecular weight is 341 g/mol. The number of benzene rings is 1. The van der Waals surface area contributed by atoms with E-state index in [0.29, 0.717) is 0 Å². The minimum atomic E-state index is -0.108. The van der Waals surface area contributed by atoms with Crippen molar-refractivity contribution in [2.45, 2.75) is 38.4 Å². The Kier molecular flexibility index (Phi) is 5.71. The highest BCUT2D eigenvalue weighted by atomic mass is 16.2. The molecule has 1 aliphatic heterocycles. The molecule has 1 aromatic carbocycles. The van der Waals surface area contributed by atoms with Crippen LogP contribution in [0.2, 0.25) is 0 Å². The van der Waals surface area contributed by atoms with Crippen LogP contribution in [0, 0.1) is 0 Å². The van der Waals surface area contributed by atoms with Crippen LogP contribution in [-0.2, 0) is 13.6 Å². The van der Waals surface area contributed by atoms with Gasteiger partial charge in [0.2, 0.25) is 0 Å². The van der Waals surface area contributed by atoms with Crippen LogP contribution in [0.4, 0.5) is 4.79 Å². The molecule has 0 unspecified atom stereocenters. The number of hydrogen-bond acceptors (Lipinski definition) is 3. The molecule has 0 radical (unpaired) electrons. The topological polar surface area (TPSA) is 62.2 Å². The molecule has 2 N–H and O–H groups in total. The maximum Gasteiger partial charge on any atom is 0.315 e. The number of aryl methyl sites for hydroxylation is 1. The number of carbonyl (C=O) groups is 1. The fraction of sp³-hybridized carbons (Fsp3) is 0.474. The van der Waals surface area contributed by atoms with E-state index in [4.69, 9.17) is 0 Å². The third-order valence-electron chi connectivity index (χ3n) is 4.66. The van der Waals surface area contributed by atoms with Gasteiger partial charge in [0.15, 0.2) is 0 Å². The summed E-state index contributed by atoms with van der Waals surface area (Å²) >= 11 is 0. The van der Waals surface area contributed by atoms with Crippen LogP contribution in [0.15, 0.2) is 42.7 Å². The van der Waals surface area contributed by atoms with Crippen LogP contribution >= 0.6 is 0 Å². The molecule has 6 nitrogen and oxygen atoms in total. The molecule has 2 amide bonds. The number of hydrogen-bond donors (Lipinski definition) is 2. The van der Waals surface area contributed by atoms with Gasteiger partial charge >= 0.3 is 6.03 Å². The van der Waals surface area contributed by atoms with Crippen molar-refractivity contribution >= 4 is 6.03 Å². The highest BCUT2D eigenvalue weighted by molar-refractivity contribution is 5.74. The lowest BCUT2D eigenvalue weighted by Gasteiger charge is -2.33. The molecule has 25 heavy (non-hydrogen) atoms. The Morgan fingerprint density at radius 2 is 2.16 bits per heavy atom. The van der Waals surface area contributed by atoms with Gasteiger partial charge in [0.1, 0.15) is 0 Å². The van der Waals surface area contributed by atoms with Gasteiger partial charge in [0.25, 0.3) is 0 Å². The first-order valence-corrected chi connectivity index (χ1v) is 8.92. The fourth-order valence-electron chi connectivity index (χ4n) is 3.33. The van der Waals surface area contributed by atoms with Gasteiger partial charge in [-0.1, -0.05) is 30.3 Å². The van der Waals surface area contributed by atoms with Crippen molar-refractivity contribution in [3.05, 3.63) is 53.9 Å². The number of amides is 2. The van der Waals surface area contributed by atoms with E-state index in [2.05, 4.69) is 44.9 Å². The lowest BCUT2D eigenvalue weighted by Crippen LogP contribution is -2.50. The van der Waals surface area contributed by atoms with Gasteiger partial charge in [-0.25, -0.2) is 4.79 Å². The molecule has 0 saturated carbocycles. The van der Waals surface area contributed by atoms with Crippen molar-refractivity contribution in [1.29, 1.82) is 0 Å². The van der Waals surface area contributed by atoms with Gasteiger partial charge in [-0.05, 0) is 31.9 Å². The largest absolute Gasteiger partial charge is 0.334 e. The normalized spacial score (nSPS) is 19.4. The molecule has 1 aromatic heterocycles. The molecule has 1 fully saturated rings. The van der Waals surface area contributed by atoms with Crippen LogP contribution in [0.5, 0.6) is 0 Å². The zero-order chi connectivity index (χ0) is 17.6. The summed E-state index contributed by atoms with van der Waals surface area (Å²) in [5.74, 6) is 0. The van der Waals surface area contributed by atoms with E-state index < -0.39 is 0 Å². The number of likely N-dealkylation sites (tertiary alicyclic amines) is 1. The lowest BCUT2D eigenvalue weighted by atomic mass is 10.0. The minimum absolute atomic E-state index is 0.0577. The number of piperidine rings is 1. The Balaban J connectivity index is 1.47. The van der Waals surface area contributed by atoms with Gasteiger partial charge in [0, 0.05) is 37.9 Å². The summed E-state index contributed by atoms with van der Waals surface area (Å²) in [6, 6.07) is 10.5. The second-order valence-electron chi connectivity index (χ2n) is 6.85. The summed E-state index contributed by atoms with van der Waals surface area (Å²) in [6.45, 7) is 4.89.